The van der Waals surface area contributed by atoms with E-state index < -0.39 is 0 Å². The Labute approximate surface area is 98.6 Å². The summed E-state index contributed by atoms with van der Waals surface area (Å²) < 4.78 is 11.4. The fraction of sp³-hybridized carbons (Fsp3) is 0.571. The zero-order valence-corrected chi connectivity index (χ0v) is 10.5. The summed E-state index contributed by atoms with van der Waals surface area (Å²) >= 11 is 0. The Morgan fingerprint density at radius 3 is 3.00 bits per heavy atom. The zero-order chi connectivity index (χ0) is 11.8. The summed E-state index contributed by atoms with van der Waals surface area (Å²) in [6.07, 6.45) is 11.7. The highest BCUT2D eigenvalue weighted by atomic mass is 16.5. The van der Waals surface area contributed by atoms with Crippen molar-refractivity contribution in [3.05, 3.63) is 35.8 Å². The molecule has 0 bridgehead atoms. The van der Waals surface area contributed by atoms with Gasteiger partial charge in [0.15, 0.2) is 11.5 Å². The Morgan fingerprint density at radius 2 is 2.38 bits per heavy atom. The summed E-state index contributed by atoms with van der Waals surface area (Å²) in [5, 5.41) is 0. The maximum absolute atomic E-state index is 5.77. The summed E-state index contributed by atoms with van der Waals surface area (Å²) in [5.74, 6) is 1.74. The second kappa shape index (κ2) is 7.15. The minimum atomic E-state index is 0.291. The van der Waals surface area contributed by atoms with Gasteiger partial charge in [0, 0.05) is 0 Å². The molecule has 0 aliphatic carbocycles. The molecule has 1 aliphatic rings. The van der Waals surface area contributed by atoms with Gasteiger partial charge in [-0.25, -0.2) is 0 Å². The van der Waals surface area contributed by atoms with Crippen LogP contribution in [0.5, 0.6) is 0 Å². The predicted octanol–water partition coefficient (Wildman–Crippen LogP) is 3.96. The van der Waals surface area contributed by atoms with Crippen LogP contribution in [0.3, 0.4) is 0 Å². The molecule has 0 fully saturated rings. The van der Waals surface area contributed by atoms with E-state index in [0.29, 0.717) is 12.7 Å². The molecule has 0 radical (unpaired) electrons. The van der Waals surface area contributed by atoms with Gasteiger partial charge in [-0.15, -0.1) is 0 Å². The highest BCUT2D eigenvalue weighted by Crippen LogP contribution is 2.23. The van der Waals surface area contributed by atoms with Gasteiger partial charge in [-0.3, -0.25) is 0 Å². The third-order valence-electron chi connectivity index (χ3n) is 2.39. The molecule has 0 amide bonds. The van der Waals surface area contributed by atoms with Crippen molar-refractivity contribution in [2.75, 3.05) is 6.61 Å². The van der Waals surface area contributed by atoms with Crippen LogP contribution in [0.4, 0.5) is 0 Å². The van der Waals surface area contributed by atoms with Crippen LogP contribution in [0, 0.1) is 0 Å². The first kappa shape index (κ1) is 12.9. The third-order valence-corrected chi connectivity index (χ3v) is 2.39. The topological polar surface area (TPSA) is 18.5 Å². The molecule has 2 nitrogen and oxygen atoms in total. The lowest BCUT2D eigenvalue weighted by Crippen LogP contribution is -2.14. The van der Waals surface area contributed by atoms with Crippen LogP contribution in [-0.4, -0.2) is 12.7 Å². The first-order chi connectivity index (χ1) is 7.77. The van der Waals surface area contributed by atoms with E-state index in [0.717, 1.165) is 30.8 Å². The largest absolute Gasteiger partial charge is 0.490 e. The fourth-order valence-electron chi connectivity index (χ4n) is 1.58. The third kappa shape index (κ3) is 4.13. The van der Waals surface area contributed by atoms with Gasteiger partial charge < -0.3 is 9.47 Å². The zero-order valence-electron chi connectivity index (χ0n) is 10.5. The average Bonchev–Trinajstić information content (AvgIpc) is 2.28. The Bertz CT molecular complexity index is 287. The van der Waals surface area contributed by atoms with Crippen molar-refractivity contribution < 1.29 is 9.47 Å². The molecular weight excluding hydrogens is 200 g/mol. The lowest BCUT2D eigenvalue weighted by atomic mass is 10.1. The van der Waals surface area contributed by atoms with Crippen molar-refractivity contribution in [1.82, 2.24) is 0 Å². The molecule has 1 atom stereocenters. The summed E-state index contributed by atoms with van der Waals surface area (Å²) in [5.41, 5.74) is 0. The SMILES string of the molecule is CC/C=C/C=C(\OCC)C1=CCCC(C)O1. The van der Waals surface area contributed by atoms with Crippen LogP contribution >= 0.6 is 0 Å². The molecule has 1 rings (SSSR count). The van der Waals surface area contributed by atoms with E-state index in [2.05, 4.69) is 26.0 Å². The Morgan fingerprint density at radius 1 is 1.56 bits per heavy atom. The highest BCUT2D eigenvalue weighted by Gasteiger charge is 2.15. The van der Waals surface area contributed by atoms with Gasteiger partial charge in [-0.2, -0.15) is 0 Å². The minimum absolute atomic E-state index is 0.291. The van der Waals surface area contributed by atoms with Crippen LogP contribution in [-0.2, 0) is 9.47 Å². The van der Waals surface area contributed by atoms with Crippen molar-refractivity contribution in [3.8, 4) is 0 Å². The molecule has 90 valence electrons. The number of hydrogen-bond acceptors (Lipinski definition) is 2. The van der Waals surface area contributed by atoms with Crippen LogP contribution in [0.2, 0.25) is 0 Å². The molecule has 0 spiro atoms. The quantitative estimate of drug-likeness (QED) is 0.518. The molecule has 0 N–H and O–H groups in total. The second-order valence-electron chi connectivity index (χ2n) is 3.87. The lowest BCUT2D eigenvalue weighted by molar-refractivity contribution is 0.0893. The van der Waals surface area contributed by atoms with E-state index in [4.69, 9.17) is 9.47 Å². The lowest BCUT2D eigenvalue weighted by Gasteiger charge is -2.22. The molecule has 16 heavy (non-hydrogen) atoms. The number of hydrogen-bond donors (Lipinski definition) is 0. The van der Waals surface area contributed by atoms with E-state index in [1.807, 2.05) is 19.1 Å². The van der Waals surface area contributed by atoms with Crippen molar-refractivity contribution in [1.29, 1.82) is 0 Å². The standard InChI is InChI=1S/C14H22O2/c1-4-6-7-10-13(15-5-2)14-11-8-9-12(3)16-14/h6-7,10-12H,4-5,8-9H2,1-3H3/b7-6+,13-10-. The predicted molar refractivity (Wildman–Crippen MR) is 67.0 cm³/mol. The van der Waals surface area contributed by atoms with Crippen LogP contribution in [0.25, 0.3) is 0 Å². The van der Waals surface area contributed by atoms with Crippen molar-refractivity contribution >= 4 is 0 Å². The average molecular weight is 222 g/mol. The highest BCUT2D eigenvalue weighted by molar-refractivity contribution is 5.25. The summed E-state index contributed by atoms with van der Waals surface area (Å²) in [6, 6.07) is 0. The Kier molecular flexibility index (Phi) is 5.76. The van der Waals surface area contributed by atoms with Gasteiger partial charge in [-0.1, -0.05) is 19.1 Å². The minimum Gasteiger partial charge on any atom is -0.490 e. The number of rotatable bonds is 5. The molecule has 0 aromatic carbocycles. The van der Waals surface area contributed by atoms with Gasteiger partial charge in [0.05, 0.1) is 12.7 Å². The summed E-state index contributed by atoms with van der Waals surface area (Å²) in [4.78, 5) is 0. The molecular formula is C14H22O2. The van der Waals surface area contributed by atoms with Crippen molar-refractivity contribution in [2.24, 2.45) is 0 Å². The van der Waals surface area contributed by atoms with Crippen LogP contribution in [0.1, 0.15) is 40.0 Å². The van der Waals surface area contributed by atoms with Gasteiger partial charge in [0.25, 0.3) is 0 Å². The molecule has 2 heteroatoms. The van der Waals surface area contributed by atoms with Crippen LogP contribution in [0.15, 0.2) is 35.8 Å². The summed E-state index contributed by atoms with van der Waals surface area (Å²) in [6.45, 7) is 6.87. The Balaban J connectivity index is 2.72. The molecule has 1 aliphatic heterocycles. The van der Waals surface area contributed by atoms with Crippen LogP contribution < -0.4 is 0 Å². The molecule has 0 saturated carbocycles. The van der Waals surface area contributed by atoms with Crippen molar-refractivity contribution in [3.63, 3.8) is 0 Å². The summed E-state index contributed by atoms with van der Waals surface area (Å²) in [7, 11) is 0. The molecule has 1 heterocycles. The Hall–Kier alpha value is -1.18. The first-order valence-corrected chi connectivity index (χ1v) is 6.14. The van der Waals surface area contributed by atoms with E-state index >= 15 is 0 Å². The first-order valence-electron chi connectivity index (χ1n) is 6.14. The van der Waals surface area contributed by atoms with Gasteiger partial charge in [0.1, 0.15) is 0 Å². The smallest absolute Gasteiger partial charge is 0.160 e. The number of ether oxygens (including phenoxy) is 2. The fourth-order valence-corrected chi connectivity index (χ4v) is 1.58. The van der Waals surface area contributed by atoms with Crippen molar-refractivity contribution in [2.45, 2.75) is 46.1 Å². The maximum Gasteiger partial charge on any atom is 0.160 e. The molecule has 1 unspecified atom stereocenters. The monoisotopic (exact) mass is 222 g/mol. The van der Waals surface area contributed by atoms with E-state index in [9.17, 15) is 0 Å². The van der Waals surface area contributed by atoms with E-state index in [-0.39, 0.29) is 0 Å². The van der Waals surface area contributed by atoms with E-state index in [1.54, 1.807) is 0 Å². The normalized spacial score (nSPS) is 21.8. The molecule has 0 aromatic heterocycles. The van der Waals surface area contributed by atoms with Gasteiger partial charge >= 0.3 is 0 Å². The van der Waals surface area contributed by atoms with Gasteiger partial charge in [0.2, 0.25) is 0 Å². The van der Waals surface area contributed by atoms with E-state index in [1.165, 1.54) is 0 Å². The molecule has 0 aromatic rings. The maximum atomic E-state index is 5.77. The van der Waals surface area contributed by atoms with Gasteiger partial charge in [-0.05, 0) is 45.3 Å². The molecule has 0 saturated heterocycles. The second-order valence-corrected chi connectivity index (χ2v) is 3.87. The number of allylic oxidation sites excluding steroid dienone is 4.